The molecule has 0 radical (unpaired) electrons. The molecule has 0 saturated heterocycles. The van der Waals surface area contributed by atoms with E-state index in [0.29, 0.717) is 11.1 Å². The van der Waals surface area contributed by atoms with Crippen LogP contribution in [0, 0.1) is 11.8 Å². The number of Topliss-reactive ketones (excluding diaryl/α,β-unsaturated/α-hetero) is 1. The lowest BCUT2D eigenvalue weighted by Gasteiger charge is -1.96. The predicted molar refractivity (Wildman–Crippen MR) is 70.5 cm³/mol. The van der Waals surface area contributed by atoms with E-state index in [-0.39, 0.29) is 11.5 Å². The molecule has 18 heavy (non-hydrogen) atoms. The van der Waals surface area contributed by atoms with E-state index in [1.54, 1.807) is 36.4 Å². The second kappa shape index (κ2) is 5.20. The van der Waals surface area contributed by atoms with Crippen molar-refractivity contribution in [3.63, 3.8) is 0 Å². The van der Waals surface area contributed by atoms with Gasteiger partial charge in [-0.05, 0) is 31.2 Å². The smallest absolute Gasteiger partial charge is 0.159 e. The van der Waals surface area contributed by atoms with Crippen LogP contribution in [0.15, 0.2) is 48.5 Å². The Morgan fingerprint density at radius 2 is 1.83 bits per heavy atom. The largest absolute Gasteiger partial charge is 0.507 e. The average Bonchev–Trinajstić information content (AvgIpc) is 2.38. The van der Waals surface area contributed by atoms with Gasteiger partial charge in [-0.15, -0.1) is 0 Å². The molecule has 0 spiro atoms. The highest BCUT2D eigenvalue weighted by atomic mass is 16.3. The summed E-state index contributed by atoms with van der Waals surface area (Å²) in [6.07, 6.45) is 0. The molecular formula is C16H12O2. The molecule has 2 rings (SSSR count). The molecule has 0 heterocycles. The summed E-state index contributed by atoms with van der Waals surface area (Å²) in [5.74, 6) is 5.99. The first kappa shape index (κ1) is 11.9. The highest BCUT2D eigenvalue weighted by Gasteiger charge is 1.98. The summed E-state index contributed by atoms with van der Waals surface area (Å²) in [4.78, 5) is 11.2. The SMILES string of the molecule is CC(=O)c1cccc(C#Cc2ccccc2O)c1. The molecule has 0 aliphatic heterocycles. The van der Waals surface area contributed by atoms with Gasteiger partial charge in [0.25, 0.3) is 0 Å². The number of para-hydroxylation sites is 1. The molecule has 0 unspecified atom stereocenters. The van der Waals surface area contributed by atoms with Crippen LogP contribution in [0.1, 0.15) is 28.4 Å². The maximum atomic E-state index is 11.2. The minimum Gasteiger partial charge on any atom is -0.507 e. The Bertz CT molecular complexity index is 645. The van der Waals surface area contributed by atoms with Gasteiger partial charge >= 0.3 is 0 Å². The Morgan fingerprint density at radius 3 is 2.56 bits per heavy atom. The molecule has 0 atom stereocenters. The van der Waals surface area contributed by atoms with Gasteiger partial charge in [-0.1, -0.05) is 36.1 Å². The first-order valence-corrected chi connectivity index (χ1v) is 5.58. The fourth-order valence-electron chi connectivity index (χ4n) is 1.53. The van der Waals surface area contributed by atoms with Gasteiger partial charge < -0.3 is 5.11 Å². The van der Waals surface area contributed by atoms with Crippen LogP contribution in [0.5, 0.6) is 5.75 Å². The standard InChI is InChI=1S/C16H12O2/c1-12(17)15-7-4-5-13(11-15)9-10-14-6-2-3-8-16(14)18/h2-8,11,18H,1H3. The van der Waals surface area contributed by atoms with Crippen LogP contribution in [-0.4, -0.2) is 10.9 Å². The summed E-state index contributed by atoms with van der Waals surface area (Å²) in [7, 11) is 0. The number of benzene rings is 2. The van der Waals surface area contributed by atoms with Crippen molar-refractivity contribution >= 4 is 5.78 Å². The van der Waals surface area contributed by atoms with Crippen LogP contribution >= 0.6 is 0 Å². The predicted octanol–water partition coefficient (Wildman–Crippen LogP) is 2.99. The van der Waals surface area contributed by atoms with Crippen molar-refractivity contribution < 1.29 is 9.90 Å². The van der Waals surface area contributed by atoms with Gasteiger partial charge in [-0.25, -0.2) is 0 Å². The van der Waals surface area contributed by atoms with Gasteiger partial charge in [0, 0.05) is 11.1 Å². The van der Waals surface area contributed by atoms with E-state index in [4.69, 9.17) is 0 Å². The molecule has 0 amide bonds. The van der Waals surface area contributed by atoms with Gasteiger partial charge in [0.05, 0.1) is 5.56 Å². The Kier molecular flexibility index (Phi) is 3.45. The molecule has 2 heteroatoms. The van der Waals surface area contributed by atoms with E-state index >= 15 is 0 Å². The number of aromatic hydroxyl groups is 1. The fourth-order valence-corrected chi connectivity index (χ4v) is 1.53. The Labute approximate surface area is 106 Å². The third-order valence-corrected chi connectivity index (χ3v) is 2.51. The first-order valence-electron chi connectivity index (χ1n) is 5.58. The van der Waals surface area contributed by atoms with Crippen LogP contribution in [-0.2, 0) is 0 Å². The molecule has 2 aromatic rings. The van der Waals surface area contributed by atoms with Gasteiger partial charge in [0.15, 0.2) is 5.78 Å². The summed E-state index contributed by atoms with van der Waals surface area (Å²) in [5, 5.41) is 9.57. The third-order valence-electron chi connectivity index (χ3n) is 2.51. The number of phenolic OH excluding ortho intramolecular Hbond substituents is 1. The van der Waals surface area contributed by atoms with Gasteiger partial charge in [-0.2, -0.15) is 0 Å². The van der Waals surface area contributed by atoms with E-state index in [9.17, 15) is 9.90 Å². The van der Waals surface area contributed by atoms with Gasteiger partial charge in [-0.3, -0.25) is 4.79 Å². The zero-order valence-corrected chi connectivity index (χ0v) is 9.97. The zero-order chi connectivity index (χ0) is 13.0. The molecule has 2 aromatic carbocycles. The molecule has 88 valence electrons. The monoisotopic (exact) mass is 236 g/mol. The van der Waals surface area contributed by atoms with Crippen molar-refractivity contribution in [1.82, 2.24) is 0 Å². The van der Waals surface area contributed by atoms with Crippen LogP contribution < -0.4 is 0 Å². The lowest BCUT2D eigenvalue weighted by molar-refractivity contribution is 0.101. The number of phenols is 1. The van der Waals surface area contributed by atoms with Crippen LogP contribution in [0.2, 0.25) is 0 Å². The number of hydrogen-bond acceptors (Lipinski definition) is 2. The summed E-state index contributed by atoms with van der Waals surface area (Å²) < 4.78 is 0. The molecule has 0 saturated carbocycles. The minimum atomic E-state index is 0.0150. The lowest BCUT2D eigenvalue weighted by Crippen LogP contribution is -1.91. The van der Waals surface area contributed by atoms with Crippen molar-refractivity contribution in [1.29, 1.82) is 0 Å². The highest BCUT2D eigenvalue weighted by Crippen LogP contribution is 2.14. The number of rotatable bonds is 1. The number of hydrogen-bond donors (Lipinski definition) is 1. The molecule has 2 nitrogen and oxygen atoms in total. The topological polar surface area (TPSA) is 37.3 Å². The van der Waals surface area contributed by atoms with Crippen molar-refractivity contribution in [3.05, 3.63) is 65.2 Å². The van der Waals surface area contributed by atoms with Crippen molar-refractivity contribution in [2.75, 3.05) is 0 Å². The van der Waals surface area contributed by atoms with Crippen molar-refractivity contribution in [2.24, 2.45) is 0 Å². The summed E-state index contributed by atoms with van der Waals surface area (Å²) >= 11 is 0. The number of carbonyl (C=O) groups excluding carboxylic acids is 1. The van der Waals surface area contributed by atoms with E-state index in [0.717, 1.165) is 5.56 Å². The Hall–Kier alpha value is -2.53. The number of ketones is 1. The maximum Gasteiger partial charge on any atom is 0.159 e. The van der Waals surface area contributed by atoms with Crippen LogP contribution in [0.4, 0.5) is 0 Å². The van der Waals surface area contributed by atoms with Crippen molar-refractivity contribution in [3.8, 4) is 17.6 Å². The molecule has 0 aromatic heterocycles. The quantitative estimate of drug-likeness (QED) is 0.610. The van der Waals surface area contributed by atoms with E-state index in [1.165, 1.54) is 6.92 Å². The second-order valence-corrected chi connectivity index (χ2v) is 3.90. The van der Waals surface area contributed by atoms with Crippen LogP contribution in [0.25, 0.3) is 0 Å². The molecule has 1 N–H and O–H groups in total. The lowest BCUT2D eigenvalue weighted by atomic mass is 10.1. The van der Waals surface area contributed by atoms with E-state index < -0.39 is 0 Å². The van der Waals surface area contributed by atoms with Gasteiger partial charge in [0.1, 0.15) is 5.75 Å². The second-order valence-electron chi connectivity index (χ2n) is 3.90. The normalized spacial score (nSPS) is 9.39. The summed E-state index contributed by atoms with van der Waals surface area (Å²) in [6, 6.07) is 14.0. The van der Waals surface area contributed by atoms with E-state index in [1.807, 2.05) is 12.1 Å². The highest BCUT2D eigenvalue weighted by molar-refractivity contribution is 5.94. The minimum absolute atomic E-state index is 0.0150. The molecule has 0 fully saturated rings. The average molecular weight is 236 g/mol. The maximum absolute atomic E-state index is 11.2. The zero-order valence-electron chi connectivity index (χ0n) is 9.97. The molecule has 0 aliphatic rings. The van der Waals surface area contributed by atoms with Crippen LogP contribution in [0.3, 0.4) is 0 Å². The first-order chi connectivity index (χ1) is 8.66. The van der Waals surface area contributed by atoms with Gasteiger partial charge in [0.2, 0.25) is 0 Å². The fraction of sp³-hybridized carbons (Fsp3) is 0.0625. The molecular weight excluding hydrogens is 224 g/mol. The Balaban J connectivity index is 2.33. The molecule has 0 bridgehead atoms. The van der Waals surface area contributed by atoms with Crippen molar-refractivity contribution in [2.45, 2.75) is 6.92 Å². The van der Waals surface area contributed by atoms with E-state index in [2.05, 4.69) is 11.8 Å². The number of carbonyl (C=O) groups is 1. The Morgan fingerprint density at radius 1 is 1.06 bits per heavy atom. The summed E-state index contributed by atoms with van der Waals surface area (Å²) in [6.45, 7) is 1.52. The summed E-state index contributed by atoms with van der Waals surface area (Å²) in [5.41, 5.74) is 1.97. The molecule has 0 aliphatic carbocycles. The third kappa shape index (κ3) is 2.78.